The van der Waals surface area contributed by atoms with Crippen LogP contribution in [-0.4, -0.2) is 31.6 Å². The van der Waals surface area contributed by atoms with Crippen molar-refractivity contribution in [1.29, 1.82) is 0 Å². The monoisotopic (exact) mass is 486 g/mol. The van der Waals surface area contributed by atoms with Crippen molar-refractivity contribution in [2.75, 3.05) is 0 Å². The Hall–Kier alpha value is -4.04. The number of aliphatic carboxylic acids is 1. The number of pyridine rings is 1. The molecule has 3 aromatic heterocycles. The van der Waals surface area contributed by atoms with Crippen LogP contribution in [0.15, 0.2) is 60.9 Å². The van der Waals surface area contributed by atoms with E-state index in [9.17, 15) is 9.59 Å². The first-order chi connectivity index (χ1) is 17.5. The van der Waals surface area contributed by atoms with Gasteiger partial charge in [-0.3, -0.25) is 14.6 Å². The summed E-state index contributed by atoms with van der Waals surface area (Å²) in [7, 11) is 0. The second-order valence-corrected chi connectivity index (χ2v) is 8.67. The number of carbonyl (C=O) groups excluding carboxylic acids is 1. The number of rotatable bonds is 12. The van der Waals surface area contributed by atoms with E-state index in [1.807, 2.05) is 34.8 Å². The first-order valence-electron chi connectivity index (χ1n) is 12.1. The van der Waals surface area contributed by atoms with Crippen LogP contribution in [0.25, 0.3) is 16.6 Å². The van der Waals surface area contributed by atoms with Gasteiger partial charge in [-0.15, -0.1) is 0 Å². The van der Waals surface area contributed by atoms with Crippen LogP contribution < -0.4 is 5.73 Å². The van der Waals surface area contributed by atoms with Gasteiger partial charge < -0.3 is 15.6 Å². The van der Waals surface area contributed by atoms with E-state index in [2.05, 4.69) is 18.0 Å². The SMILES string of the molecule is CCc1ccc2c(-c3cccc(C(N)=O)c3)c(CCCCC(=O)O)c(COCc3ccncc3)nn12. The maximum absolute atomic E-state index is 11.9. The number of aromatic nitrogens is 3. The number of carboxylic acids is 1. The molecule has 0 aliphatic rings. The molecular weight excluding hydrogens is 456 g/mol. The molecule has 1 amide bonds. The van der Waals surface area contributed by atoms with Crippen molar-refractivity contribution in [3.63, 3.8) is 0 Å². The topological polar surface area (TPSA) is 120 Å². The van der Waals surface area contributed by atoms with Gasteiger partial charge in [0.1, 0.15) is 0 Å². The number of unbranched alkanes of at least 4 members (excludes halogenated alkanes) is 1. The van der Waals surface area contributed by atoms with Gasteiger partial charge in [0.2, 0.25) is 5.91 Å². The van der Waals surface area contributed by atoms with Gasteiger partial charge in [0.15, 0.2) is 0 Å². The minimum atomic E-state index is -0.807. The summed E-state index contributed by atoms with van der Waals surface area (Å²) in [5.41, 5.74) is 12.6. The molecule has 0 aliphatic carbocycles. The summed E-state index contributed by atoms with van der Waals surface area (Å²) in [6.45, 7) is 2.78. The fourth-order valence-electron chi connectivity index (χ4n) is 4.38. The van der Waals surface area contributed by atoms with Crippen molar-refractivity contribution in [2.24, 2.45) is 5.73 Å². The van der Waals surface area contributed by atoms with Crippen LogP contribution in [0.5, 0.6) is 0 Å². The number of ether oxygens (including phenoxy) is 1. The van der Waals surface area contributed by atoms with Gasteiger partial charge in [-0.25, -0.2) is 4.52 Å². The molecule has 0 bridgehead atoms. The van der Waals surface area contributed by atoms with Crippen LogP contribution in [0.4, 0.5) is 0 Å². The summed E-state index contributed by atoms with van der Waals surface area (Å²) in [6.07, 6.45) is 6.25. The van der Waals surface area contributed by atoms with Crippen LogP contribution >= 0.6 is 0 Å². The fourth-order valence-corrected chi connectivity index (χ4v) is 4.38. The number of carboxylic acid groups (broad SMARTS) is 1. The molecule has 1 aromatic carbocycles. The molecule has 186 valence electrons. The maximum atomic E-state index is 11.9. The quantitative estimate of drug-likeness (QED) is 0.283. The number of fused-ring (bicyclic) bond motifs is 1. The molecule has 0 saturated carbocycles. The molecule has 0 radical (unpaired) electrons. The van der Waals surface area contributed by atoms with Crippen LogP contribution in [0.1, 0.15) is 59.1 Å². The summed E-state index contributed by atoms with van der Waals surface area (Å²) >= 11 is 0. The molecule has 0 unspecified atom stereocenters. The number of primary amides is 1. The molecule has 0 aliphatic heterocycles. The van der Waals surface area contributed by atoms with E-state index in [-0.39, 0.29) is 13.0 Å². The lowest BCUT2D eigenvalue weighted by Crippen LogP contribution is -2.12. The first kappa shape index (κ1) is 25.1. The van der Waals surface area contributed by atoms with E-state index < -0.39 is 11.9 Å². The average Bonchev–Trinajstić information content (AvgIpc) is 3.29. The standard InChI is InChI=1S/C28H30N4O4/c1-2-22-10-11-25-27(20-6-5-7-21(16-20)28(29)35)23(8-3-4-9-26(33)34)24(31-32(22)25)18-36-17-19-12-14-30-15-13-19/h5-7,10-16H,2-4,8-9,17-18H2,1H3,(H2,29,35)(H,33,34). The molecule has 4 rings (SSSR count). The number of nitrogens with two attached hydrogens (primary N) is 1. The van der Waals surface area contributed by atoms with Crippen LogP contribution in [0.2, 0.25) is 0 Å². The van der Waals surface area contributed by atoms with Crippen molar-refractivity contribution >= 4 is 17.4 Å². The third-order valence-electron chi connectivity index (χ3n) is 6.18. The van der Waals surface area contributed by atoms with Gasteiger partial charge in [0, 0.05) is 35.6 Å². The third kappa shape index (κ3) is 5.78. The van der Waals surface area contributed by atoms with E-state index in [4.69, 9.17) is 20.7 Å². The average molecular weight is 487 g/mol. The Bertz CT molecular complexity index is 1360. The zero-order chi connectivity index (χ0) is 25.5. The van der Waals surface area contributed by atoms with Crippen molar-refractivity contribution in [1.82, 2.24) is 14.6 Å². The molecule has 8 heteroatoms. The van der Waals surface area contributed by atoms with E-state index >= 15 is 0 Å². The smallest absolute Gasteiger partial charge is 0.303 e. The highest BCUT2D eigenvalue weighted by Crippen LogP contribution is 2.33. The molecule has 4 aromatic rings. The van der Waals surface area contributed by atoms with Gasteiger partial charge in [0.05, 0.1) is 24.4 Å². The normalized spacial score (nSPS) is 11.1. The number of hydrogen-bond acceptors (Lipinski definition) is 5. The van der Waals surface area contributed by atoms with Gasteiger partial charge in [-0.05, 0) is 78.8 Å². The maximum Gasteiger partial charge on any atom is 0.303 e. The lowest BCUT2D eigenvalue weighted by Gasteiger charge is -2.18. The van der Waals surface area contributed by atoms with Crippen molar-refractivity contribution in [2.45, 2.75) is 52.2 Å². The number of hydrogen-bond donors (Lipinski definition) is 2. The molecule has 0 fully saturated rings. The van der Waals surface area contributed by atoms with E-state index in [0.717, 1.165) is 45.6 Å². The number of amides is 1. The van der Waals surface area contributed by atoms with Crippen molar-refractivity contribution < 1.29 is 19.4 Å². The van der Waals surface area contributed by atoms with Crippen molar-refractivity contribution in [3.05, 3.63) is 89.0 Å². The highest BCUT2D eigenvalue weighted by Gasteiger charge is 2.19. The summed E-state index contributed by atoms with van der Waals surface area (Å²) in [4.78, 5) is 27.0. The molecule has 3 heterocycles. The van der Waals surface area contributed by atoms with E-state index in [0.29, 0.717) is 31.4 Å². The summed E-state index contributed by atoms with van der Waals surface area (Å²) < 4.78 is 8.01. The molecule has 0 saturated heterocycles. The summed E-state index contributed by atoms with van der Waals surface area (Å²) in [6, 6.07) is 15.2. The highest BCUT2D eigenvalue weighted by atomic mass is 16.5. The Kier molecular flexibility index (Phi) is 8.07. The summed E-state index contributed by atoms with van der Waals surface area (Å²) in [5.74, 6) is -1.30. The Balaban J connectivity index is 1.80. The molecular formula is C28H30N4O4. The minimum Gasteiger partial charge on any atom is -0.481 e. The van der Waals surface area contributed by atoms with E-state index in [1.54, 1.807) is 24.5 Å². The molecule has 3 N–H and O–H groups in total. The summed E-state index contributed by atoms with van der Waals surface area (Å²) in [5, 5.41) is 14.1. The van der Waals surface area contributed by atoms with Gasteiger partial charge in [-0.2, -0.15) is 5.10 Å². The number of benzene rings is 1. The van der Waals surface area contributed by atoms with Crippen LogP contribution in [0, 0.1) is 0 Å². The second kappa shape index (κ2) is 11.6. The number of nitrogens with zero attached hydrogens (tertiary/aromatic N) is 3. The minimum absolute atomic E-state index is 0.112. The Morgan fingerprint density at radius 3 is 2.58 bits per heavy atom. The predicted octanol–water partition coefficient (Wildman–Crippen LogP) is 4.57. The lowest BCUT2D eigenvalue weighted by molar-refractivity contribution is -0.137. The second-order valence-electron chi connectivity index (χ2n) is 8.67. The Labute approximate surface area is 209 Å². The first-order valence-corrected chi connectivity index (χ1v) is 12.1. The largest absolute Gasteiger partial charge is 0.481 e. The van der Waals surface area contributed by atoms with Crippen LogP contribution in [0.3, 0.4) is 0 Å². The van der Waals surface area contributed by atoms with E-state index in [1.165, 1.54) is 0 Å². The lowest BCUT2D eigenvalue weighted by atomic mass is 9.93. The Morgan fingerprint density at radius 1 is 1.06 bits per heavy atom. The highest BCUT2D eigenvalue weighted by molar-refractivity contribution is 5.95. The van der Waals surface area contributed by atoms with Gasteiger partial charge in [0.25, 0.3) is 0 Å². The fraction of sp³-hybridized carbons (Fsp3) is 0.286. The molecule has 0 spiro atoms. The zero-order valence-corrected chi connectivity index (χ0v) is 20.3. The van der Waals surface area contributed by atoms with Crippen molar-refractivity contribution in [3.8, 4) is 11.1 Å². The molecule has 0 atom stereocenters. The zero-order valence-electron chi connectivity index (χ0n) is 20.3. The molecule has 8 nitrogen and oxygen atoms in total. The third-order valence-corrected chi connectivity index (χ3v) is 6.18. The number of carbonyl (C=O) groups is 2. The van der Waals surface area contributed by atoms with Gasteiger partial charge >= 0.3 is 5.97 Å². The predicted molar refractivity (Wildman–Crippen MR) is 136 cm³/mol. The van der Waals surface area contributed by atoms with Crippen LogP contribution in [-0.2, 0) is 35.6 Å². The molecule has 36 heavy (non-hydrogen) atoms. The number of aryl methyl sites for hydroxylation is 1. The Morgan fingerprint density at radius 2 is 1.86 bits per heavy atom. The van der Waals surface area contributed by atoms with Gasteiger partial charge in [-0.1, -0.05) is 19.1 Å².